The Hall–Kier alpha value is -1.33. The minimum Gasteiger partial charge on any atom is -0.320 e. The molecule has 18 heavy (non-hydrogen) atoms. The number of nitrogens with two attached hydrogens (primary N) is 1. The van der Waals surface area contributed by atoms with E-state index in [4.69, 9.17) is 17.3 Å². The number of benzene rings is 1. The average Bonchev–Trinajstić information content (AvgIpc) is 2.33. The highest BCUT2D eigenvalue weighted by Crippen LogP contribution is 2.27. The highest BCUT2D eigenvalue weighted by Gasteiger charge is 2.32. The van der Waals surface area contributed by atoms with Crippen LogP contribution in [0.5, 0.6) is 0 Å². The van der Waals surface area contributed by atoms with Gasteiger partial charge in [-0.15, -0.1) is 0 Å². The molecular weight excluding hydrogens is 260 g/mol. The van der Waals surface area contributed by atoms with Gasteiger partial charge in [0, 0.05) is 11.8 Å². The summed E-state index contributed by atoms with van der Waals surface area (Å²) < 4.78 is 25.5. The molecule has 1 atom stereocenters. The van der Waals surface area contributed by atoms with Crippen LogP contribution in [-0.2, 0) is 6.42 Å². The van der Waals surface area contributed by atoms with E-state index in [-0.39, 0.29) is 6.42 Å². The predicted octanol–water partition coefficient (Wildman–Crippen LogP) is 2.81. The fourth-order valence-corrected chi connectivity index (χ4v) is 1.88. The molecule has 0 amide bonds. The van der Waals surface area contributed by atoms with Crippen LogP contribution in [0.4, 0.5) is 8.78 Å². The molecule has 96 valence electrons. The standard InChI is InChI=1S/C12H12ClF2N3/c1-12(16,11(14)15)6-9-10(13)7-4-2-3-5-8(7)17-18-9/h2-5,11H,6,16H2,1H3. The van der Waals surface area contributed by atoms with Crippen LogP contribution in [0, 0.1) is 0 Å². The summed E-state index contributed by atoms with van der Waals surface area (Å²) in [5, 5.41) is 8.85. The van der Waals surface area contributed by atoms with Gasteiger partial charge in [-0.05, 0) is 13.0 Å². The lowest BCUT2D eigenvalue weighted by atomic mass is 9.97. The molecule has 0 spiro atoms. The number of aromatic nitrogens is 2. The summed E-state index contributed by atoms with van der Waals surface area (Å²) in [4.78, 5) is 0. The molecule has 0 bridgehead atoms. The van der Waals surface area contributed by atoms with Gasteiger partial charge in [-0.3, -0.25) is 0 Å². The van der Waals surface area contributed by atoms with E-state index in [1.807, 2.05) is 0 Å². The van der Waals surface area contributed by atoms with E-state index in [0.717, 1.165) is 0 Å². The van der Waals surface area contributed by atoms with Crippen LogP contribution < -0.4 is 5.73 Å². The van der Waals surface area contributed by atoms with Crippen molar-refractivity contribution < 1.29 is 8.78 Å². The first-order valence-corrected chi connectivity index (χ1v) is 5.76. The van der Waals surface area contributed by atoms with Crippen LogP contribution >= 0.6 is 11.6 Å². The zero-order chi connectivity index (χ0) is 13.3. The smallest absolute Gasteiger partial charge is 0.256 e. The summed E-state index contributed by atoms with van der Waals surface area (Å²) in [7, 11) is 0. The van der Waals surface area contributed by atoms with Crippen molar-refractivity contribution in [2.75, 3.05) is 0 Å². The molecule has 1 aromatic carbocycles. The largest absolute Gasteiger partial charge is 0.320 e. The molecular formula is C12H12ClF2N3. The number of halogens is 3. The highest BCUT2D eigenvalue weighted by atomic mass is 35.5. The molecule has 0 aliphatic heterocycles. The third-order valence-corrected chi connectivity index (χ3v) is 3.14. The van der Waals surface area contributed by atoms with E-state index in [0.29, 0.717) is 21.6 Å². The maximum absolute atomic E-state index is 12.7. The van der Waals surface area contributed by atoms with Crippen LogP contribution in [0.2, 0.25) is 5.02 Å². The Bertz CT molecular complexity index is 572. The Labute approximate surface area is 108 Å². The summed E-state index contributed by atoms with van der Waals surface area (Å²) in [5.41, 5.74) is 4.78. The summed E-state index contributed by atoms with van der Waals surface area (Å²) in [6.07, 6.45) is -2.77. The lowest BCUT2D eigenvalue weighted by Gasteiger charge is -2.23. The van der Waals surface area contributed by atoms with Gasteiger partial charge in [0.1, 0.15) is 0 Å². The topological polar surface area (TPSA) is 51.8 Å². The van der Waals surface area contributed by atoms with Crippen LogP contribution in [0.1, 0.15) is 12.6 Å². The molecule has 0 fully saturated rings. The van der Waals surface area contributed by atoms with Crippen LogP contribution in [-0.4, -0.2) is 22.2 Å². The minimum atomic E-state index is -2.65. The number of hydrogen-bond donors (Lipinski definition) is 1. The van der Waals surface area contributed by atoms with Gasteiger partial charge in [0.05, 0.1) is 21.8 Å². The first-order valence-electron chi connectivity index (χ1n) is 5.38. The van der Waals surface area contributed by atoms with Crippen molar-refractivity contribution in [1.29, 1.82) is 0 Å². The molecule has 6 heteroatoms. The van der Waals surface area contributed by atoms with Crippen molar-refractivity contribution in [3.05, 3.63) is 35.0 Å². The average molecular weight is 272 g/mol. The van der Waals surface area contributed by atoms with Gasteiger partial charge >= 0.3 is 0 Å². The quantitative estimate of drug-likeness (QED) is 0.934. The molecule has 2 aromatic rings. The lowest BCUT2D eigenvalue weighted by Crippen LogP contribution is -2.46. The second-order valence-corrected chi connectivity index (χ2v) is 4.84. The van der Waals surface area contributed by atoms with Crippen LogP contribution in [0.3, 0.4) is 0 Å². The summed E-state index contributed by atoms with van der Waals surface area (Å²) >= 11 is 6.15. The molecule has 3 nitrogen and oxygen atoms in total. The molecule has 1 heterocycles. The van der Waals surface area contributed by atoms with E-state index in [1.54, 1.807) is 24.3 Å². The van der Waals surface area contributed by atoms with Gasteiger partial charge in [-0.1, -0.05) is 29.8 Å². The molecule has 2 rings (SSSR count). The van der Waals surface area contributed by atoms with E-state index < -0.39 is 12.0 Å². The van der Waals surface area contributed by atoms with Gasteiger partial charge in [0.15, 0.2) is 0 Å². The summed E-state index contributed by atoms with van der Waals surface area (Å²) in [6.45, 7) is 1.27. The Morgan fingerprint density at radius 3 is 2.67 bits per heavy atom. The van der Waals surface area contributed by atoms with Crippen molar-refractivity contribution in [2.24, 2.45) is 5.73 Å². The third-order valence-electron chi connectivity index (χ3n) is 2.72. The Morgan fingerprint density at radius 1 is 1.33 bits per heavy atom. The zero-order valence-electron chi connectivity index (χ0n) is 9.70. The SMILES string of the molecule is CC(N)(Cc1nnc2ccccc2c1Cl)C(F)F. The molecule has 1 unspecified atom stereocenters. The second-order valence-electron chi connectivity index (χ2n) is 4.46. The van der Waals surface area contributed by atoms with Crippen molar-refractivity contribution >= 4 is 22.5 Å². The van der Waals surface area contributed by atoms with Gasteiger partial charge in [-0.2, -0.15) is 10.2 Å². The molecule has 1 aromatic heterocycles. The third kappa shape index (κ3) is 2.42. The normalized spacial score (nSPS) is 15.0. The fraction of sp³-hybridized carbons (Fsp3) is 0.333. The Kier molecular flexibility index (Phi) is 3.45. The molecule has 0 aliphatic rings. The number of rotatable bonds is 3. The monoisotopic (exact) mass is 271 g/mol. The Morgan fingerprint density at radius 2 is 2.00 bits per heavy atom. The highest BCUT2D eigenvalue weighted by molar-refractivity contribution is 6.35. The molecule has 0 saturated heterocycles. The minimum absolute atomic E-state index is 0.124. The maximum atomic E-state index is 12.7. The van der Waals surface area contributed by atoms with Crippen molar-refractivity contribution in [3.8, 4) is 0 Å². The van der Waals surface area contributed by atoms with Crippen LogP contribution in [0.15, 0.2) is 24.3 Å². The number of fused-ring (bicyclic) bond motifs is 1. The van der Waals surface area contributed by atoms with Crippen molar-refractivity contribution in [1.82, 2.24) is 10.2 Å². The van der Waals surface area contributed by atoms with Gasteiger partial charge in [0.2, 0.25) is 0 Å². The van der Waals surface area contributed by atoms with Gasteiger partial charge < -0.3 is 5.73 Å². The van der Waals surface area contributed by atoms with E-state index in [9.17, 15) is 8.78 Å². The maximum Gasteiger partial charge on any atom is 0.256 e. The lowest BCUT2D eigenvalue weighted by molar-refractivity contribution is 0.0633. The van der Waals surface area contributed by atoms with Crippen molar-refractivity contribution in [3.63, 3.8) is 0 Å². The second kappa shape index (κ2) is 4.74. The molecule has 2 N–H and O–H groups in total. The number of hydrogen-bond acceptors (Lipinski definition) is 3. The molecule has 0 radical (unpaired) electrons. The van der Waals surface area contributed by atoms with Gasteiger partial charge in [0.25, 0.3) is 6.43 Å². The predicted molar refractivity (Wildman–Crippen MR) is 66.8 cm³/mol. The fourth-order valence-electron chi connectivity index (χ4n) is 1.61. The molecule has 0 saturated carbocycles. The zero-order valence-corrected chi connectivity index (χ0v) is 10.5. The van der Waals surface area contributed by atoms with E-state index in [1.165, 1.54) is 6.92 Å². The number of alkyl halides is 2. The van der Waals surface area contributed by atoms with Gasteiger partial charge in [-0.25, -0.2) is 8.78 Å². The molecule has 0 aliphatic carbocycles. The Balaban J connectivity index is 2.44. The first kappa shape index (κ1) is 13.1. The number of nitrogens with zero attached hydrogens (tertiary/aromatic N) is 2. The van der Waals surface area contributed by atoms with E-state index >= 15 is 0 Å². The summed E-state index contributed by atoms with van der Waals surface area (Å²) in [5.74, 6) is 0. The summed E-state index contributed by atoms with van der Waals surface area (Å²) in [6, 6.07) is 7.13. The van der Waals surface area contributed by atoms with Crippen molar-refractivity contribution in [2.45, 2.75) is 25.3 Å². The van der Waals surface area contributed by atoms with E-state index in [2.05, 4.69) is 10.2 Å². The van der Waals surface area contributed by atoms with Crippen LogP contribution in [0.25, 0.3) is 10.9 Å². The first-order chi connectivity index (χ1) is 8.42.